The number of esters is 1. The molecule has 1 spiro atoms. The van der Waals surface area contributed by atoms with Crippen LogP contribution in [0.1, 0.15) is 81.9 Å². The molecular formula is C40H43NO4. The molecule has 7 rings (SSSR count). The molecule has 0 bridgehead atoms. The molecule has 5 heteroatoms. The predicted octanol–water partition coefficient (Wildman–Crippen LogP) is 7.64. The lowest BCUT2D eigenvalue weighted by atomic mass is 9.39. The Morgan fingerprint density at radius 1 is 1.16 bits per heavy atom. The minimum Gasteiger partial charge on any atom is -0.461 e. The topological polar surface area (TPSA) is 87.4 Å². The number of carbonyl (C=O) groups is 2. The predicted molar refractivity (Wildman–Crippen MR) is 174 cm³/mol. The first kappa shape index (κ1) is 29.9. The average molecular weight is 602 g/mol. The van der Waals surface area contributed by atoms with E-state index in [9.17, 15) is 20.0 Å². The van der Waals surface area contributed by atoms with E-state index in [0.717, 1.165) is 43.2 Å². The number of rotatable bonds is 6. The summed E-state index contributed by atoms with van der Waals surface area (Å²) in [4.78, 5) is 24.8. The summed E-state index contributed by atoms with van der Waals surface area (Å²) in [6.45, 7) is 6.41. The molecule has 232 valence electrons. The number of ketones is 1. The van der Waals surface area contributed by atoms with Crippen molar-refractivity contribution in [3.63, 3.8) is 0 Å². The number of allylic oxidation sites excluding steroid dienone is 3. The fourth-order valence-corrected chi connectivity index (χ4v) is 10.0. The smallest absolute Gasteiger partial charge is 0.306 e. The number of fused-ring (bicyclic) bond motifs is 4. The van der Waals surface area contributed by atoms with Gasteiger partial charge < -0.3 is 9.84 Å². The van der Waals surface area contributed by atoms with Crippen molar-refractivity contribution in [1.82, 2.24) is 0 Å². The molecule has 0 aliphatic heterocycles. The van der Waals surface area contributed by atoms with Crippen LogP contribution in [0.25, 0.3) is 11.1 Å². The molecule has 0 heterocycles. The van der Waals surface area contributed by atoms with E-state index in [2.05, 4.69) is 37.3 Å². The van der Waals surface area contributed by atoms with E-state index in [1.807, 2.05) is 62.4 Å². The van der Waals surface area contributed by atoms with Crippen LogP contribution in [0.4, 0.5) is 0 Å². The van der Waals surface area contributed by atoms with Crippen molar-refractivity contribution in [1.29, 1.82) is 5.26 Å². The van der Waals surface area contributed by atoms with Crippen molar-refractivity contribution >= 4 is 11.8 Å². The van der Waals surface area contributed by atoms with E-state index in [0.29, 0.717) is 30.2 Å². The molecule has 0 amide bonds. The number of benzene rings is 2. The Labute approximate surface area is 266 Å². The molecule has 2 saturated carbocycles. The van der Waals surface area contributed by atoms with Gasteiger partial charge in [0.2, 0.25) is 0 Å². The average Bonchev–Trinajstić information content (AvgIpc) is 3.28. The van der Waals surface area contributed by atoms with Gasteiger partial charge >= 0.3 is 5.97 Å². The van der Waals surface area contributed by atoms with Crippen molar-refractivity contribution in [2.24, 2.45) is 34.5 Å². The third kappa shape index (κ3) is 4.76. The van der Waals surface area contributed by atoms with Crippen molar-refractivity contribution in [2.75, 3.05) is 6.61 Å². The first-order valence-electron chi connectivity index (χ1n) is 16.7. The van der Waals surface area contributed by atoms with Gasteiger partial charge in [0.15, 0.2) is 5.78 Å². The van der Waals surface area contributed by atoms with Gasteiger partial charge in [-0.05, 0) is 120 Å². The first-order chi connectivity index (χ1) is 21.6. The summed E-state index contributed by atoms with van der Waals surface area (Å²) >= 11 is 0. The van der Waals surface area contributed by atoms with E-state index in [1.54, 1.807) is 0 Å². The number of carbonyl (C=O) groups excluding carboxylic acids is 2. The van der Waals surface area contributed by atoms with Gasteiger partial charge in [-0.1, -0.05) is 68.8 Å². The first-order valence-corrected chi connectivity index (χ1v) is 16.7. The zero-order valence-corrected chi connectivity index (χ0v) is 26.6. The number of nitriles is 1. The number of hydrogen-bond acceptors (Lipinski definition) is 5. The molecule has 5 aliphatic carbocycles. The molecule has 5 aliphatic rings. The van der Waals surface area contributed by atoms with Crippen molar-refractivity contribution in [2.45, 2.75) is 77.2 Å². The number of ether oxygens (including phenoxy) is 1. The van der Waals surface area contributed by atoms with E-state index >= 15 is 0 Å². The maximum atomic E-state index is 12.7. The van der Waals surface area contributed by atoms with Gasteiger partial charge in [0.05, 0.1) is 11.6 Å². The van der Waals surface area contributed by atoms with Crippen molar-refractivity contribution in [3.05, 3.63) is 95.1 Å². The van der Waals surface area contributed by atoms with E-state index in [1.165, 1.54) is 16.7 Å². The van der Waals surface area contributed by atoms with Crippen LogP contribution < -0.4 is 0 Å². The van der Waals surface area contributed by atoms with Gasteiger partial charge in [-0.2, -0.15) is 5.26 Å². The summed E-state index contributed by atoms with van der Waals surface area (Å²) in [6, 6.07) is 16.9. The summed E-state index contributed by atoms with van der Waals surface area (Å²) < 4.78 is 5.44. The fourth-order valence-electron chi connectivity index (χ4n) is 10.0. The van der Waals surface area contributed by atoms with Crippen LogP contribution in [-0.4, -0.2) is 29.1 Å². The summed E-state index contributed by atoms with van der Waals surface area (Å²) in [7, 11) is 0. The highest BCUT2D eigenvalue weighted by molar-refractivity contribution is 5.91. The second-order valence-corrected chi connectivity index (χ2v) is 14.9. The monoisotopic (exact) mass is 601 g/mol. The maximum absolute atomic E-state index is 12.7. The van der Waals surface area contributed by atoms with Gasteiger partial charge in [0.25, 0.3) is 0 Å². The molecule has 2 aromatic rings. The van der Waals surface area contributed by atoms with Crippen molar-refractivity contribution < 1.29 is 19.4 Å². The SMILES string of the molecule is CC(C)CC(=O)OC/C=C\[C@]1(O)C=CC2C3CCC4=CC(=O)CCC45Cc4cc(-c6ccc(C#N)cc6)ccc4[C@@H](C[C@@]21C)C35. The van der Waals surface area contributed by atoms with E-state index < -0.39 is 11.0 Å². The Hall–Kier alpha value is -3.75. The lowest BCUT2D eigenvalue weighted by Crippen LogP contribution is -2.59. The second-order valence-electron chi connectivity index (χ2n) is 14.9. The van der Waals surface area contributed by atoms with Crippen LogP contribution in [0.15, 0.2) is 78.4 Å². The van der Waals surface area contributed by atoms with Crippen LogP contribution >= 0.6 is 0 Å². The molecule has 45 heavy (non-hydrogen) atoms. The molecule has 0 saturated heterocycles. The van der Waals surface area contributed by atoms with Gasteiger partial charge in [-0.25, -0.2) is 0 Å². The fraction of sp³-hybridized carbons (Fsp3) is 0.475. The molecule has 5 nitrogen and oxygen atoms in total. The minimum absolute atomic E-state index is 0.0336. The zero-order chi connectivity index (χ0) is 31.6. The Morgan fingerprint density at radius 3 is 2.69 bits per heavy atom. The Bertz CT molecular complexity index is 1670. The van der Waals surface area contributed by atoms with E-state index in [-0.39, 0.29) is 41.5 Å². The molecule has 0 aromatic heterocycles. The van der Waals surface area contributed by atoms with Crippen molar-refractivity contribution in [3.8, 4) is 17.2 Å². The Morgan fingerprint density at radius 2 is 1.93 bits per heavy atom. The van der Waals surface area contributed by atoms with Crippen LogP contribution in [0.2, 0.25) is 0 Å². The van der Waals surface area contributed by atoms with Gasteiger partial charge in [0.1, 0.15) is 12.2 Å². The second kappa shape index (κ2) is 11.0. The van der Waals surface area contributed by atoms with Crippen LogP contribution in [0.3, 0.4) is 0 Å². The number of aliphatic hydroxyl groups is 1. The molecule has 2 aromatic carbocycles. The van der Waals surface area contributed by atoms with Crippen LogP contribution in [-0.2, 0) is 20.7 Å². The Balaban J connectivity index is 1.26. The molecule has 0 radical (unpaired) electrons. The summed E-state index contributed by atoms with van der Waals surface area (Å²) in [5, 5.41) is 21.6. The standard InChI is InChI=1S/C40H43NO4/c1-25(2)19-36(43)45-18-4-15-40(44)17-14-35-33-12-10-30-21-31(42)13-16-39(30)22-29-20-28(27-7-5-26(24-41)6-8-27)9-11-32(29)34(37(33)39)23-38(35,40)3/h4-9,11,14-15,17,20-21,25,33-35,37,44H,10,12-13,16,18-19,22-23H2,1-3H3/b15-4-/t33?,34-,35?,37?,38+,39?,40+/m1/s1. The third-order valence-corrected chi connectivity index (χ3v) is 12.1. The largest absolute Gasteiger partial charge is 0.461 e. The molecule has 1 N–H and O–H groups in total. The quantitative estimate of drug-likeness (QED) is 0.272. The highest BCUT2D eigenvalue weighted by atomic mass is 16.5. The molecular weight excluding hydrogens is 558 g/mol. The lowest BCUT2D eigenvalue weighted by Gasteiger charge is -2.64. The van der Waals surface area contributed by atoms with Crippen LogP contribution in [0.5, 0.6) is 0 Å². The highest BCUT2D eigenvalue weighted by Crippen LogP contribution is 2.72. The van der Waals surface area contributed by atoms with Gasteiger partial charge in [-0.3, -0.25) is 9.59 Å². The number of hydrogen-bond donors (Lipinski definition) is 1. The lowest BCUT2D eigenvalue weighted by molar-refractivity contribution is -0.143. The third-order valence-electron chi connectivity index (χ3n) is 12.1. The maximum Gasteiger partial charge on any atom is 0.306 e. The van der Waals surface area contributed by atoms with Gasteiger partial charge in [0, 0.05) is 18.3 Å². The van der Waals surface area contributed by atoms with Gasteiger partial charge in [-0.15, -0.1) is 0 Å². The highest BCUT2D eigenvalue weighted by Gasteiger charge is 2.66. The summed E-state index contributed by atoms with van der Waals surface area (Å²) in [6.07, 6.45) is 15.6. The summed E-state index contributed by atoms with van der Waals surface area (Å²) in [5.41, 5.74) is 5.39. The number of nitrogens with zero attached hydrogens (tertiary/aromatic N) is 1. The Kier molecular flexibility index (Phi) is 7.28. The minimum atomic E-state index is -1.14. The van der Waals surface area contributed by atoms with E-state index in [4.69, 9.17) is 4.74 Å². The molecule has 7 atom stereocenters. The normalized spacial score (nSPS) is 34.4. The molecule has 4 unspecified atom stereocenters. The summed E-state index contributed by atoms with van der Waals surface area (Å²) in [5.74, 6) is 1.61. The zero-order valence-electron chi connectivity index (χ0n) is 26.6. The molecule has 2 fully saturated rings. The van der Waals surface area contributed by atoms with Crippen LogP contribution in [0, 0.1) is 45.8 Å².